The van der Waals surface area contributed by atoms with E-state index < -0.39 is 23.9 Å². The summed E-state index contributed by atoms with van der Waals surface area (Å²) in [5.74, 6) is -2.00. The molecule has 0 radical (unpaired) electrons. The van der Waals surface area contributed by atoms with Crippen molar-refractivity contribution in [2.45, 2.75) is 6.18 Å². The topological polar surface area (TPSA) is 89.1 Å². The molecule has 1 aromatic carbocycles. The number of ether oxygens (including phenoxy) is 2. The van der Waals surface area contributed by atoms with Crippen LogP contribution in [0.1, 0.15) is 16.2 Å². The van der Waals surface area contributed by atoms with Gasteiger partial charge in [0.1, 0.15) is 0 Å². The van der Waals surface area contributed by atoms with E-state index in [9.17, 15) is 18.0 Å². The number of alkyl halides is 3. The maximum atomic E-state index is 12.4. The van der Waals surface area contributed by atoms with Crippen molar-refractivity contribution in [3.63, 3.8) is 0 Å². The fraction of sp³-hybridized carbons (Fsp3) is 0.182. The third-order valence-electron chi connectivity index (χ3n) is 2.67. The van der Waals surface area contributed by atoms with Gasteiger partial charge >= 0.3 is 6.18 Å². The molecule has 0 saturated carbocycles. The average molecular weight is 335 g/mol. The Hall–Kier alpha value is -2.49. The number of H-pyrrole nitrogens is 1. The standard InChI is InChI=1S/C11H6ClF3N4O3/c12-5-1-4(2-6-7(5)22-3-21-6)8(20)16-10-17-9(18-19-10)11(13,14)15/h1-2H,3H2,(H2,16,17,18,19,20). The van der Waals surface area contributed by atoms with Gasteiger partial charge in [-0.05, 0) is 12.1 Å². The number of rotatable bonds is 2. The molecule has 0 spiro atoms. The molecular weight excluding hydrogens is 329 g/mol. The number of fused-ring (bicyclic) bond motifs is 1. The quantitative estimate of drug-likeness (QED) is 0.880. The lowest BCUT2D eigenvalue weighted by molar-refractivity contribution is -0.144. The van der Waals surface area contributed by atoms with Crippen molar-refractivity contribution >= 4 is 23.5 Å². The van der Waals surface area contributed by atoms with E-state index >= 15 is 0 Å². The summed E-state index contributed by atoms with van der Waals surface area (Å²) in [6.07, 6.45) is -4.68. The van der Waals surface area contributed by atoms with Gasteiger partial charge in [0.05, 0.1) is 5.02 Å². The third kappa shape index (κ3) is 2.64. The molecular formula is C11H6ClF3N4O3. The SMILES string of the molecule is O=C(Nc1n[nH]c(C(F)(F)F)n1)c1cc(Cl)c2c(c1)OCO2. The molecule has 7 nitrogen and oxygen atoms in total. The number of hydrogen-bond donors (Lipinski definition) is 2. The zero-order valence-corrected chi connectivity index (χ0v) is 11.2. The Morgan fingerprint density at radius 2 is 2.14 bits per heavy atom. The Bertz CT molecular complexity index is 747. The molecule has 1 aromatic heterocycles. The van der Waals surface area contributed by atoms with E-state index in [1.165, 1.54) is 12.1 Å². The van der Waals surface area contributed by atoms with Crippen molar-refractivity contribution in [1.82, 2.24) is 15.2 Å². The summed E-state index contributed by atoms with van der Waals surface area (Å²) >= 11 is 5.91. The summed E-state index contributed by atoms with van der Waals surface area (Å²) in [6, 6.07) is 2.64. The van der Waals surface area contributed by atoms with E-state index in [2.05, 4.69) is 15.4 Å². The Morgan fingerprint density at radius 3 is 2.82 bits per heavy atom. The van der Waals surface area contributed by atoms with Crippen LogP contribution in [-0.4, -0.2) is 27.9 Å². The summed E-state index contributed by atoms with van der Waals surface area (Å²) in [5.41, 5.74) is 0.0626. The summed E-state index contributed by atoms with van der Waals surface area (Å²) in [4.78, 5) is 15.1. The summed E-state index contributed by atoms with van der Waals surface area (Å²) in [7, 11) is 0. The molecule has 2 heterocycles. The maximum absolute atomic E-state index is 12.4. The predicted molar refractivity (Wildman–Crippen MR) is 66.9 cm³/mol. The molecule has 1 aliphatic heterocycles. The number of hydrogen-bond acceptors (Lipinski definition) is 5. The number of nitrogens with zero attached hydrogens (tertiary/aromatic N) is 2. The number of amides is 1. The zero-order chi connectivity index (χ0) is 15.9. The smallest absolute Gasteiger partial charge is 0.451 e. The van der Waals surface area contributed by atoms with Gasteiger partial charge in [0.25, 0.3) is 5.91 Å². The first-order valence-electron chi connectivity index (χ1n) is 5.74. The Balaban J connectivity index is 1.80. The molecule has 2 N–H and O–H groups in total. The normalized spacial score (nSPS) is 13.3. The molecule has 2 aromatic rings. The molecule has 11 heteroatoms. The molecule has 0 fully saturated rings. The minimum Gasteiger partial charge on any atom is -0.454 e. The highest BCUT2D eigenvalue weighted by Crippen LogP contribution is 2.39. The van der Waals surface area contributed by atoms with Crippen molar-refractivity contribution < 1.29 is 27.4 Å². The van der Waals surface area contributed by atoms with E-state index in [-0.39, 0.29) is 23.1 Å². The second-order valence-corrected chi connectivity index (χ2v) is 4.56. The van der Waals surface area contributed by atoms with E-state index in [1.807, 2.05) is 0 Å². The van der Waals surface area contributed by atoms with Gasteiger partial charge in [-0.1, -0.05) is 11.6 Å². The summed E-state index contributed by atoms with van der Waals surface area (Å²) < 4.78 is 47.3. The highest BCUT2D eigenvalue weighted by Gasteiger charge is 2.35. The van der Waals surface area contributed by atoms with Crippen molar-refractivity contribution in [3.05, 3.63) is 28.5 Å². The van der Waals surface area contributed by atoms with Crippen LogP contribution in [0.5, 0.6) is 11.5 Å². The molecule has 3 rings (SSSR count). The van der Waals surface area contributed by atoms with Crippen LogP contribution in [-0.2, 0) is 6.18 Å². The van der Waals surface area contributed by atoms with Crippen LogP contribution in [0.4, 0.5) is 19.1 Å². The monoisotopic (exact) mass is 334 g/mol. The number of aromatic nitrogens is 3. The number of carbonyl (C=O) groups excluding carboxylic acids is 1. The number of nitrogens with one attached hydrogen (secondary N) is 2. The molecule has 0 bridgehead atoms. The van der Waals surface area contributed by atoms with Crippen molar-refractivity contribution in [3.8, 4) is 11.5 Å². The van der Waals surface area contributed by atoms with E-state index in [0.717, 1.165) is 0 Å². The van der Waals surface area contributed by atoms with Crippen LogP contribution in [0.2, 0.25) is 5.02 Å². The Labute approximate surface area is 125 Å². The lowest BCUT2D eigenvalue weighted by atomic mass is 10.2. The minimum atomic E-state index is -4.68. The second kappa shape index (κ2) is 5.05. The molecule has 1 aliphatic rings. The number of halogens is 4. The fourth-order valence-electron chi connectivity index (χ4n) is 1.72. The van der Waals surface area contributed by atoms with Gasteiger partial charge in [0, 0.05) is 5.56 Å². The molecule has 0 atom stereocenters. The number of carbonyl (C=O) groups is 1. The van der Waals surface area contributed by atoms with E-state index in [0.29, 0.717) is 5.75 Å². The summed E-state index contributed by atoms with van der Waals surface area (Å²) in [5, 5.41) is 7.22. The first-order valence-corrected chi connectivity index (χ1v) is 6.12. The van der Waals surface area contributed by atoms with Gasteiger partial charge in [-0.2, -0.15) is 18.2 Å². The lowest BCUT2D eigenvalue weighted by Gasteiger charge is -2.04. The minimum absolute atomic E-state index is 0.0318. The van der Waals surface area contributed by atoms with Crippen LogP contribution in [0.3, 0.4) is 0 Å². The van der Waals surface area contributed by atoms with Crippen LogP contribution in [0.25, 0.3) is 0 Å². The van der Waals surface area contributed by atoms with Gasteiger partial charge in [0.2, 0.25) is 18.6 Å². The fourth-order valence-corrected chi connectivity index (χ4v) is 1.98. The van der Waals surface area contributed by atoms with E-state index in [1.54, 1.807) is 5.10 Å². The molecule has 22 heavy (non-hydrogen) atoms. The second-order valence-electron chi connectivity index (χ2n) is 4.15. The third-order valence-corrected chi connectivity index (χ3v) is 2.95. The number of aromatic amines is 1. The van der Waals surface area contributed by atoms with Crippen molar-refractivity contribution in [2.75, 3.05) is 12.1 Å². The van der Waals surface area contributed by atoms with Gasteiger partial charge in [-0.3, -0.25) is 15.2 Å². The van der Waals surface area contributed by atoms with Crippen molar-refractivity contribution in [2.24, 2.45) is 0 Å². The van der Waals surface area contributed by atoms with Crippen molar-refractivity contribution in [1.29, 1.82) is 0 Å². The highest BCUT2D eigenvalue weighted by atomic mass is 35.5. The lowest BCUT2D eigenvalue weighted by Crippen LogP contribution is -2.13. The molecule has 116 valence electrons. The average Bonchev–Trinajstić information content (AvgIpc) is 3.06. The van der Waals surface area contributed by atoms with Crippen LogP contribution < -0.4 is 14.8 Å². The largest absolute Gasteiger partial charge is 0.454 e. The first kappa shape index (κ1) is 14.4. The zero-order valence-electron chi connectivity index (χ0n) is 10.5. The first-order chi connectivity index (χ1) is 10.3. The van der Waals surface area contributed by atoms with Gasteiger partial charge < -0.3 is 9.47 Å². The van der Waals surface area contributed by atoms with Gasteiger partial charge in [0.15, 0.2) is 11.5 Å². The summed E-state index contributed by atoms with van der Waals surface area (Å²) in [6.45, 7) is -0.0318. The Morgan fingerprint density at radius 1 is 1.36 bits per heavy atom. The van der Waals surface area contributed by atoms with Gasteiger partial charge in [-0.25, -0.2) is 0 Å². The molecule has 1 amide bonds. The maximum Gasteiger partial charge on any atom is 0.451 e. The number of anilines is 1. The predicted octanol–water partition coefficient (Wildman–Crippen LogP) is 2.46. The van der Waals surface area contributed by atoms with Crippen LogP contribution in [0.15, 0.2) is 12.1 Å². The van der Waals surface area contributed by atoms with Gasteiger partial charge in [-0.15, -0.1) is 5.10 Å². The number of benzene rings is 1. The molecule has 0 unspecified atom stereocenters. The van der Waals surface area contributed by atoms with Crippen LogP contribution >= 0.6 is 11.6 Å². The molecule has 0 aliphatic carbocycles. The van der Waals surface area contributed by atoms with E-state index in [4.69, 9.17) is 21.1 Å². The van der Waals surface area contributed by atoms with Crippen LogP contribution in [0, 0.1) is 0 Å². The molecule has 0 saturated heterocycles. The Kier molecular flexibility index (Phi) is 3.32. The highest BCUT2D eigenvalue weighted by molar-refractivity contribution is 6.32.